The van der Waals surface area contributed by atoms with E-state index in [-0.39, 0.29) is 25.7 Å². The molecule has 0 radical (unpaired) electrons. The van der Waals surface area contributed by atoms with E-state index in [1.807, 2.05) is 38.1 Å². The van der Waals surface area contributed by atoms with Crippen molar-refractivity contribution in [3.05, 3.63) is 90.7 Å². The fourth-order valence-electron chi connectivity index (χ4n) is 4.39. The Balaban J connectivity index is 1.82. The summed E-state index contributed by atoms with van der Waals surface area (Å²) in [6, 6.07) is 12.4. The Morgan fingerprint density at radius 2 is 1.86 bits per heavy atom. The van der Waals surface area contributed by atoms with Crippen molar-refractivity contribution in [2.75, 3.05) is 19.7 Å². The Bertz CT molecular complexity index is 1460. The summed E-state index contributed by atoms with van der Waals surface area (Å²) in [6.45, 7) is 6.14. The van der Waals surface area contributed by atoms with Gasteiger partial charge in [0.1, 0.15) is 0 Å². The first-order chi connectivity index (χ1) is 17.7. The standard InChI is InChI=1S/C27H29ClN4O5/c1-4-37-26(35)20-10-7-13-30(15-20)24(33)23-25(34)31(16-19-9-6-5-8-17(19)2)27(36)32(29-23)21-12-11-18(3)22(28)14-21/h5-6,8-9,11-12,14,20H,4,7,10,13,15-16H2,1-3H3/t20-/m1/s1. The smallest absolute Gasteiger partial charge is 0.352 e. The van der Waals surface area contributed by atoms with Crippen LogP contribution in [-0.4, -0.2) is 50.8 Å². The SMILES string of the molecule is CCOC(=O)[C@@H]1CCCN(C(=O)c2nn(-c3ccc(C)c(Cl)c3)c(=O)n(Cc3ccccc3C)c2=O)C1. The Hall–Kier alpha value is -3.72. The maximum absolute atomic E-state index is 13.6. The number of halogens is 1. The molecule has 2 aromatic carbocycles. The zero-order valence-corrected chi connectivity index (χ0v) is 21.8. The molecule has 2 heterocycles. The fraction of sp³-hybridized carbons (Fsp3) is 0.370. The van der Waals surface area contributed by atoms with E-state index in [9.17, 15) is 19.2 Å². The number of esters is 1. The fourth-order valence-corrected chi connectivity index (χ4v) is 4.57. The molecule has 1 aliphatic heterocycles. The second-order valence-corrected chi connectivity index (χ2v) is 9.54. The normalized spacial score (nSPS) is 15.5. The number of ether oxygens (including phenoxy) is 1. The van der Waals surface area contributed by atoms with E-state index in [1.165, 1.54) is 4.90 Å². The van der Waals surface area contributed by atoms with Crippen LogP contribution >= 0.6 is 11.6 Å². The largest absolute Gasteiger partial charge is 0.466 e. The Morgan fingerprint density at radius 3 is 2.57 bits per heavy atom. The van der Waals surface area contributed by atoms with Gasteiger partial charge in [-0.05, 0) is 62.4 Å². The maximum Gasteiger partial charge on any atom is 0.352 e. The van der Waals surface area contributed by atoms with Crippen molar-refractivity contribution in [2.45, 2.75) is 40.2 Å². The Morgan fingerprint density at radius 1 is 1.11 bits per heavy atom. The van der Waals surface area contributed by atoms with E-state index < -0.39 is 28.8 Å². The third-order valence-electron chi connectivity index (χ3n) is 6.58. The molecule has 1 amide bonds. The second-order valence-electron chi connectivity index (χ2n) is 9.14. The summed E-state index contributed by atoms with van der Waals surface area (Å²) in [6.07, 6.45) is 1.18. The summed E-state index contributed by atoms with van der Waals surface area (Å²) in [5, 5.41) is 4.64. The first-order valence-corrected chi connectivity index (χ1v) is 12.6. The molecule has 3 aromatic rings. The Labute approximate surface area is 219 Å². The molecule has 1 saturated heterocycles. The summed E-state index contributed by atoms with van der Waals surface area (Å²) in [5.41, 5.74) is 0.933. The zero-order valence-electron chi connectivity index (χ0n) is 21.1. The third-order valence-corrected chi connectivity index (χ3v) is 6.99. The van der Waals surface area contributed by atoms with Crippen molar-refractivity contribution in [3.63, 3.8) is 0 Å². The molecule has 0 N–H and O–H groups in total. The molecule has 0 bridgehead atoms. The molecule has 1 atom stereocenters. The van der Waals surface area contributed by atoms with Crippen LogP contribution in [0.25, 0.3) is 5.69 Å². The molecule has 0 unspecified atom stereocenters. The summed E-state index contributed by atoms with van der Waals surface area (Å²) in [7, 11) is 0. The molecule has 4 rings (SSSR count). The summed E-state index contributed by atoms with van der Waals surface area (Å²) in [5.74, 6) is -1.48. The lowest BCUT2D eigenvalue weighted by Gasteiger charge is -2.31. The van der Waals surface area contributed by atoms with Crippen LogP contribution in [-0.2, 0) is 16.1 Å². The van der Waals surface area contributed by atoms with E-state index in [0.29, 0.717) is 30.1 Å². The minimum absolute atomic E-state index is 0.0296. The number of aromatic nitrogens is 3. The van der Waals surface area contributed by atoms with Crippen molar-refractivity contribution >= 4 is 23.5 Å². The van der Waals surface area contributed by atoms with Gasteiger partial charge in [-0.3, -0.25) is 19.0 Å². The van der Waals surface area contributed by atoms with Gasteiger partial charge in [-0.2, -0.15) is 9.78 Å². The van der Waals surface area contributed by atoms with Crippen LogP contribution in [0.4, 0.5) is 0 Å². The molecule has 0 aliphatic carbocycles. The number of hydrogen-bond donors (Lipinski definition) is 0. The van der Waals surface area contributed by atoms with Crippen LogP contribution in [0.5, 0.6) is 0 Å². The lowest BCUT2D eigenvalue weighted by molar-refractivity contribution is -0.149. The molecule has 1 fully saturated rings. The number of aryl methyl sites for hydroxylation is 2. The number of likely N-dealkylation sites (tertiary alicyclic amines) is 1. The number of carbonyl (C=O) groups excluding carboxylic acids is 2. The first kappa shape index (κ1) is 26.3. The number of piperidine rings is 1. The molecule has 194 valence electrons. The van der Waals surface area contributed by atoms with Gasteiger partial charge in [-0.1, -0.05) is 41.9 Å². The number of benzene rings is 2. The summed E-state index contributed by atoms with van der Waals surface area (Å²) in [4.78, 5) is 54.4. The lowest BCUT2D eigenvalue weighted by atomic mass is 9.98. The zero-order chi connectivity index (χ0) is 26.7. The molecule has 10 heteroatoms. The van der Waals surface area contributed by atoms with Gasteiger partial charge in [-0.25, -0.2) is 4.79 Å². The average Bonchev–Trinajstić information content (AvgIpc) is 2.89. The highest BCUT2D eigenvalue weighted by Gasteiger charge is 2.32. The van der Waals surface area contributed by atoms with E-state index in [4.69, 9.17) is 16.3 Å². The molecule has 37 heavy (non-hydrogen) atoms. The monoisotopic (exact) mass is 524 g/mol. The number of nitrogens with zero attached hydrogens (tertiary/aromatic N) is 4. The van der Waals surface area contributed by atoms with Crippen molar-refractivity contribution in [2.24, 2.45) is 5.92 Å². The van der Waals surface area contributed by atoms with Gasteiger partial charge < -0.3 is 9.64 Å². The van der Waals surface area contributed by atoms with Crippen molar-refractivity contribution in [1.29, 1.82) is 0 Å². The molecule has 0 spiro atoms. The van der Waals surface area contributed by atoms with Crippen LogP contribution in [0.3, 0.4) is 0 Å². The quantitative estimate of drug-likeness (QED) is 0.459. The minimum atomic E-state index is -0.786. The molecule has 0 saturated carbocycles. The second kappa shape index (κ2) is 11.1. The van der Waals surface area contributed by atoms with Crippen LogP contribution < -0.4 is 11.2 Å². The summed E-state index contributed by atoms with van der Waals surface area (Å²) >= 11 is 6.30. The van der Waals surface area contributed by atoms with E-state index >= 15 is 0 Å². The molecule has 9 nitrogen and oxygen atoms in total. The van der Waals surface area contributed by atoms with Gasteiger partial charge in [-0.15, -0.1) is 0 Å². The minimum Gasteiger partial charge on any atom is -0.466 e. The molecular formula is C27H29ClN4O5. The number of carbonyl (C=O) groups is 2. The van der Waals surface area contributed by atoms with Gasteiger partial charge in [0.25, 0.3) is 11.5 Å². The molecule has 1 aromatic heterocycles. The van der Waals surface area contributed by atoms with Crippen LogP contribution in [0.15, 0.2) is 52.1 Å². The van der Waals surface area contributed by atoms with Gasteiger partial charge in [0.15, 0.2) is 0 Å². The van der Waals surface area contributed by atoms with Crippen molar-refractivity contribution in [3.8, 4) is 5.69 Å². The van der Waals surface area contributed by atoms with Gasteiger partial charge in [0, 0.05) is 18.1 Å². The average molecular weight is 525 g/mol. The highest BCUT2D eigenvalue weighted by Crippen LogP contribution is 2.20. The third kappa shape index (κ3) is 5.51. The Kier molecular flexibility index (Phi) is 7.92. The highest BCUT2D eigenvalue weighted by molar-refractivity contribution is 6.31. The highest BCUT2D eigenvalue weighted by atomic mass is 35.5. The predicted molar refractivity (Wildman–Crippen MR) is 139 cm³/mol. The first-order valence-electron chi connectivity index (χ1n) is 12.2. The van der Waals surface area contributed by atoms with Crippen molar-refractivity contribution < 1.29 is 14.3 Å². The topological polar surface area (TPSA) is 104 Å². The lowest BCUT2D eigenvalue weighted by Crippen LogP contribution is -2.49. The maximum atomic E-state index is 13.6. The van der Waals surface area contributed by atoms with E-state index in [1.54, 1.807) is 25.1 Å². The molecular weight excluding hydrogens is 496 g/mol. The van der Waals surface area contributed by atoms with Gasteiger partial charge in [0.05, 0.1) is 24.8 Å². The van der Waals surface area contributed by atoms with Crippen molar-refractivity contribution in [1.82, 2.24) is 19.2 Å². The predicted octanol–water partition coefficient (Wildman–Crippen LogP) is 3.13. The number of hydrogen-bond acceptors (Lipinski definition) is 6. The number of amides is 1. The van der Waals surface area contributed by atoms with Gasteiger partial charge in [0.2, 0.25) is 5.69 Å². The molecule has 1 aliphatic rings. The van der Waals surface area contributed by atoms with E-state index in [2.05, 4.69) is 5.10 Å². The van der Waals surface area contributed by atoms with Crippen LogP contribution in [0.1, 0.15) is 46.9 Å². The van der Waals surface area contributed by atoms with Crippen LogP contribution in [0.2, 0.25) is 5.02 Å². The van der Waals surface area contributed by atoms with Crippen LogP contribution in [0, 0.1) is 19.8 Å². The van der Waals surface area contributed by atoms with Gasteiger partial charge >= 0.3 is 11.7 Å². The number of rotatable bonds is 6. The summed E-state index contributed by atoms with van der Waals surface area (Å²) < 4.78 is 7.18. The van der Waals surface area contributed by atoms with E-state index in [0.717, 1.165) is 25.9 Å².